The summed E-state index contributed by atoms with van der Waals surface area (Å²) in [5.41, 5.74) is 8.71. The number of nitrogen functional groups attached to an aromatic ring is 1. The van der Waals surface area contributed by atoms with Gasteiger partial charge in [0.25, 0.3) is 0 Å². The van der Waals surface area contributed by atoms with Crippen molar-refractivity contribution in [3.63, 3.8) is 0 Å². The molecule has 2 saturated heterocycles. The number of hydrogen-bond acceptors (Lipinski definition) is 6. The molecule has 0 aliphatic carbocycles. The van der Waals surface area contributed by atoms with Gasteiger partial charge in [0.2, 0.25) is 0 Å². The standard InChI is InChI=1S/C21H26N6/c1-16-20(25-19(23)18(13-22)24-16)27-11-8-21(9-12-27)7-10-26(15-21)14-17-5-3-2-4-6-17/h2-6H,7-12,14-15H2,1H3,(H2,23,25). The molecule has 6 heteroatoms. The lowest BCUT2D eigenvalue weighted by molar-refractivity contribution is 0.205. The van der Waals surface area contributed by atoms with Crippen LogP contribution in [0.3, 0.4) is 0 Å². The van der Waals surface area contributed by atoms with E-state index in [0.29, 0.717) is 5.41 Å². The fraction of sp³-hybridized carbons (Fsp3) is 0.476. The Morgan fingerprint density at radius 1 is 1.11 bits per heavy atom. The van der Waals surface area contributed by atoms with Crippen molar-refractivity contribution in [2.75, 3.05) is 36.8 Å². The third kappa shape index (κ3) is 3.60. The molecule has 0 unspecified atom stereocenters. The Hall–Kier alpha value is -2.65. The number of nitriles is 1. The quantitative estimate of drug-likeness (QED) is 0.904. The average Bonchev–Trinajstić information content (AvgIpc) is 3.07. The minimum Gasteiger partial charge on any atom is -0.381 e. The largest absolute Gasteiger partial charge is 0.381 e. The normalized spacial score (nSPS) is 19.3. The van der Waals surface area contributed by atoms with Crippen molar-refractivity contribution in [3.8, 4) is 6.07 Å². The van der Waals surface area contributed by atoms with Crippen LogP contribution in [0, 0.1) is 23.7 Å². The second-order valence-electron chi connectivity index (χ2n) is 7.91. The maximum atomic E-state index is 9.06. The summed E-state index contributed by atoms with van der Waals surface area (Å²) in [5, 5.41) is 9.06. The van der Waals surface area contributed by atoms with Crippen molar-refractivity contribution in [2.45, 2.75) is 32.7 Å². The monoisotopic (exact) mass is 362 g/mol. The van der Waals surface area contributed by atoms with Crippen molar-refractivity contribution < 1.29 is 0 Å². The number of likely N-dealkylation sites (tertiary alicyclic amines) is 1. The molecule has 2 fully saturated rings. The molecule has 0 amide bonds. The fourth-order valence-electron chi connectivity index (χ4n) is 4.51. The Balaban J connectivity index is 1.39. The van der Waals surface area contributed by atoms with Crippen molar-refractivity contribution in [1.29, 1.82) is 5.26 Å². The third-order valence-corrected chi connectivity index (χ3v) is 6.07. The molecule has 140 valence electrons. The Kier molecular flexibility index (Phi) is 4.71. The molecule has 0 radical (unpaired) electrons. The number of aryl methyl sites for hydroxylation is 1. The zero-order valence-electron chi connectivity index (χ0n) is 15.9. The van der Waals surface area contributed by atoms with E-state index in [0.717, 1.165) is 31.1 Å². The molecule has 0 bridgehead atoms. The summed E-state index contributed by atoms with van der Waals surface area (Å²) in [6.07, 6.45) is 3.60. The maximum absolute atomic E-state index is 9.06. The highest BCUT2D eigenvalue weighted by Gasteiger charge is 2.40. The van der Waals surface area contributed by atoms with Gasteiger partial charge in [-0.2, -0.15) is 5.26 Å². The van der Waals surface area contributed by atoms with Gasteiger partial charge in [-0.15, -0.1) is 0 Å². The van der Waals surface area contributed by atoms with E-state index in [1.165, 1.54) is 37.9 Å². The molecule has 1 aromatic heterocycles. The van der Waals surface area contributed by atoms with Crippen LogP contribution in [0.25, 0.3) is 0 Å². The Bertz CT molecular complexity index is 849. The van der Waals surface area contributed by atoms with Gasteiger partial charge >= 0.3 is 0 Å². The Morgan fingerprint density at radius 3 is 2.52 bits per heavy atom. The molecular weight excluding hydrogens is 336 g/mol. The predicted octanol–water partition coefficient (Wildman–Crippen LogP) is 2.73. The lowest BCUT2D eigenvalue weighted by atomic mass is 9.78. The topological polar surface area (TPSA) is 82.1 Å². The van der Waals surface area contributed by atoms with E-state index >= 15 is 0 Å². The molecule has 2 aliphatic heterocycles. The van der Waals surface area contributed by atoms with E-state index in [1.54, 1.807) is 0 Å². The van der Waals surface area contributed by atoms with Crippen LogP contribution in [-0.2, 0) is 6.54 Å². The van der Waals surface area contributed by atoms with Crippen LogP contribution in [0.2, 0.25) is 0 Å². The second kappa shape index (κ2) is 7.16. The first kappa shape index (κ1) is 17.7. The van der Waals surface area contributed by atoms with Gasteiger partial charge in [-0.3, -0.25) is 4.90 Å². The van der Waals surface area contributed by atoms with E-state index in [9.17, 15) is 0 Å². The fourth-order valence-corrected chi connectivity index (χ4v) is 4.51. The molecule has 27 heavy (non-hydrogen) atoms. The van der Waals surface area contributed by atoms with Crippen molar-refractivity contribution in [2.24, 2.45) is 5.41 Å². The first-order valence-electron chi connectivity index (χ1n) is 9.64. The number of piperidine rings is 1. The van der Waals surface area contributed by atoms with Gasteiger partial charge in [-0.05, 0) is 43.7 Å². The number of benzene rings is 1. The van der Waals surface area contributed by atoms with E-state index in [2.05, 4.69) is 50.1 Å². The SMILES string of the molecule is Cc1nc(C#N)c(N)nc1N1CCC2(CCN(Cc3ccccc3)C2)CC1. The number of nitrogens with two attached hydrogens (primary N) is 1. The minimum atomic E-state index is 0.220. The number of anilines is 2. The van der Waals surface area contributed by atoms with E-state index < -0.39 is 0 Å². The van der Waals surface area contributed by atoms with Crippen LogP contribution >= 0.6 is 0 Å². The van der Waals surface area contributed by atoms with Crippen LogP contribution in [0.4, 0.5) is 11.6 Å². The third-order valence-electron chi connectivity index (χ3n) is 6.07. The Labute approximate surface area is 160 Å². The summed E-state index contributed by atoms with van der Waals surface area (Å²) < 4.78 is 0. The average molecular weight is 362 g/mol. The lowest BCUT2D eigenvalue weighted by Gasteiger charge is -2.40. The molecule has 1 aromatic carbocycles. The van der Waals surface area contributed by atoms with Crippen molar-refractivity contribution in [1.82, 2.24) is 14.9 Å². The molecule has 3 heterocycles. The zero-order valence-corrected chi connectivity index (χ0v) is 15.9. The molecular formula is C21H26N6. The highest BCUT2D eigenvalue weighted by molar-refractivity contribution is 5.53. The molecule has 6 nitrogen and oxygen atoms in total. The van der Waals surface area contributed by atoms with Gasteiger partial charge in [-0.1, -0.05) is 30.3 Å². The molecule has 2 aromatic rings. The number of rotatable bonds is 3. The highest BCUT2D eigenvalue weighted by Crippen LogP contribution is 2.41. The summed E-state index contributed by atoms with van der Waals surface area (Å²) in [6, 6.07) is 12.7. The van der Waals surface area contributed by atoms with Gasteiger partial charge in [0.15, 0.2) is 17.3 Å². The molecule has 1 spiro atoms. The maximum Gasteiger partial charge on any atom is 0.183 e. The zero-order chi connectivity index (χ0) is 18.9. The van der Waals surface area contributed by atoms with E-state index in [4.69, 9.17) is 11.0 Å². The first-order chi connectivity index (χ1) is 13.1. The number of hydrogen-bond donors (Lipinski definition) is 1. The number of aromatic nitrogens is 2. The van der Waals surface area contributed by atoms with Gasteiger partial charge < -0.3 is 10.6 Å². The summed E-state index contributed by atoms with van der Waals surface area (Å²) in [5.74, 6) is 1.06. The predicted molar refractivity (Wildman–Crippen MR) is 106 cm³/mol. The van der Waals surface area contributed by atoms with Gasteiger partial charge in [0, 0.05) is 26.2 Å². The first-order valence-corrected chi connectivity index (χ1v) is 9.64. The smallest absolute Gasteiger partial charge is 0.183 e. The molecule has 2 aliphatic rings. The molecule has 4 rings (SSSR count). The van der Waals surface area contributed by atoms with Crippen LogP contribution in [-0.4, -0.2) is 41.0 Å². The highest BCUT2D eigenvalue weighted by atomic mass is 15.2. The van der Waals surface area contributed by atoms with Crippen LogP contribution in [0.15, 0.2) is 30.3 Å². The van der Waals surface area contributed by atoms with E-state index in [-0.39, 0.29) is 11.5 Å². The van der Waals surface area contributed by atoms with Gasteiger partial charge in [-0.25, -0.2) is 9.97 Å². The van der Waals surface area contributed by atoms with Gasteiger partial charge in [0.1, 0.15) is 6.07 Å². The van der Waals surface area contributed by atoms with Crippen LogP contribution in [0.1, 0.15) is 36.2 Å². The Morgan fingerprint density at radius 2 is 1.81 bits per heavy atom. The van der Waals surface area contributed by atoms with Crippen molar-refractivity contribution in [3.05, 3.63) is 47.3 Å². The van der Waals surface area contributed by atoms with Crippen LogP contribution < -0.4 is 10.6 Å². The van der Waals surface area contributed by atoms with E-state index in [1.807, 2.05) is 13.0 Å². The minimum absolute atomic E-state index is 0.220. The molecule has 0 saturated carbocycles. The number of nitrogens with zero attached hydrogens (tertiary/aromatic N) is 5. The second-order valence-corrected chi connectivity index (χ2v) is 7.91. The lowest BCUT2D eigenvalue weighted by Crippen LogP contribution is -2.42. The van der Waals surface area contributed by atoms with Crippen LogP contribution in [0.5, 0.6) is 0 Å². The molecule has 2 N–H and O–H groups in total. The van der Waals surface area contributed by atoms with Crippen molar-refractivity contribution >= 4 is 11.6 Å². The summed E-state index contributed by atoms with van der Waals surface area (Å²) in [4.78, 5) is 13.7. The molecule has 0 atom stereocenters. The summed E-state index contributed by atoms with van der Waals surface area (Å²) >= 11 is 0. The summed E-state index contributed by atoms with van der Waals surface area (Å²) in [7, 11) is 0. The summed E-state index contributed by atoms with van der Waals surface area (Å²) in [6.45, 7) is 7.25. The van der Waals surface area contributed by atoms with Gasteiger partial charge in [0.05, 0.1) is 5.69 Å².